The molecule has 1 heterocycles. The number of carbonyl (C=O) groups is 2. The molecule has 0 saturated carbocycles. The van der Waals surface area contributed by atoms with E-state index in [1.54, 1.807) is 24.3 Å². The van der Waals surface area contributed by atoms with Crippen molar-refractivity contribution in [3.8, 4) is 0 Å². The van der Waals surface area contributed by atoms with Gasteiger partial charge < -0.3 is 5.11 Å². The number of hydrogen-bond acceptors (Lipinski definition) is 2. The van der Waals surface area contributed by atoms with Gasteiger partial charge in [-0.3, -0.25) is 9.36 Å². The number of carboxylic acids is 1. The lowest BCUT2D eigenvalue weighted by Gasteiger charge is -2.02. The van der Waals surface area contributed by atoms with E-state index in [2.05, 4.69) is 0 Å². The maximum Gasteiger partial charge on any atom is 0.337 e. The Morgan fingerprint density at radius 1 is 1.28 bits per heavy atom. The molecule has 2 rings (SSSR count). The standard InChI is InChI=1S/C14H15NO3/c1-2-3-8-13(16)15-9-11(14(17)18)10-6-4-5-7-12(10)15/h4-7,9H,2-3,8H2,1H3,(H,17,18). The van der Waals surface area contributed by atoms with Gasteiger partial charge in [0.2, 0.25) is 5.91 Å². The zero-order valence-electron chi connectivity index (χ0n) is 10.2. The first kappa shape index (κ1) is 12.4. The summed E-state index contributed by atoms with van der Waals surface area (Å²) in [5, 5.41) is 9.74. The molecule has 4 nitrogen and oxygen atoms in total. The highest BCUT2D eigenvalue weighted by molar-refractivity contribution is 6.06. The Hall–Kier alpha value is -2.10. The Morgan fingerprint density at radius 2 is 2.00 bits per heavy atom. The molecular formula is C14H15NO3. The van der Waals surface area contributed by atoms with E-state index in [0.717, 1.165) is 12.8 Å². The molecule has 0 fully saturated rings. The number of benzene rings is 1. The molecule has 0 atom stereocenters. The van der Waals surface area contributed by atoms with Crippen LogP contribution in [0.15, 0.2) is 30.5 Å². The van der Waals surface area contributed by atoms with Crippen LogP contribution in [0.25, 0.3) is 10.9 Å². The third-order valence-electron chi connectivity index (χ3n) is 2.96. The lowest BCUT2D eigenvalue weighted by molar-refractivity contribution is 0.0699. The van der Waals surface area contributed by atoms with Crippen LogP contribution < -0.4 is 0 Å². The number of aromatic carboxylic acids is 1. The third kappa shape index (κ3) is 2.14. The van der Waals surface area contributed by atoms with Crippen LogP contribution in [0.4, 0.5) is 0 Å². The molecule has 0 spiro atoms. The monoisotopic (exact) mass is 245 g/mol. The fourth-order valence-corrected chi connectivity index (χ4v) is 2.00. The lowest BCUT2D eigenvalue weighted by Crippen LogP contribution is -2.08. The van der Waals surface area contributed by atoms with Crippen molar-refractivity contribution in [2.24, 2.45) is 0 Å². The van der Waals surface area contributed by atoms with Crippen LogP contribution in [-0.4, -0.2) is 21.6 Å². The topological polar surface area (TPSA) is 59.3 Å². The summed E-state index contributed by atoms with van der Waals surface area (Å²) in [6.45, 7) is 2.02. The average Bonchev–Trinajstić information content (AvgIpc) is 2.75. The average molecular weight is 245 g/mol. The molecule has 1 aromatic heterocycles. The van der Waals surface area contributed by atoms with E-state index in [1.165, 1.54) is 10.8 Å². The van der Waals surface area contributed by atoms with Crippen molar-refractivity contribution < 1.29 is 14.7 Å². The normalized spacial score (nSPS) is 10.7. The van der Waals surface area contributed by atoms with Crippen molar-refractivity contribution >= 4 is 22.8 Å². The van der Waals surface area contributed by atoms with E-state index >= 15 is 0 Å². The summed E-state index contributed by atoms with van der Waals surface area (Å²) >= 11 is 0. The Kier molecular flexibility index (Phi) is 3.46. The van der Waals surface area contributed by atoms with E-state index in [4.69, 9.17) is 5.11 Å². The van der Waals surface area contributed by atoms with Gasteiger partial charge in [0.1, 0.15) is 0 Å². The van der Waals surface area contributed by atoms with E-state index in [9.17, 15) is 9.59 Å². The van der Waals surface area contributed by atoms with Crippen molar-refractivity contribution in [2.45, 2.75) is 26.2 Å². The van der Waals surface area contributed by atoms with Crippen LogP contribution in [0, 0.1) is 0 Å². The van der Waals surface area contributed by atoms with E-state index in [0.29, 0.717) is 17.3 Å². The van der Waals surface area contributed by atoms with Gasteiger partial charge in [-0.15, -0.1) is 0 Å². The number of carboxylic acid groups (broad SMARTS) is 1. The molecule has 0 radical (unpaired) electrons. The fourth-order valence-electron chi connectivity index (χ4n) is 2.00. The minimum Gasteiger partial charge on any atom is -0.478 e. The van der Waals surface area contributed by atoms with Crippen LogP contribution in [-0.2, 0) is 0 Å². The fraction of sp³-hybridized carbons (Fsp3) is 0.286. The number of fused-ring (bicyclic) bond motifs is 1. The first-order chi connectivity index (χ1) is 8.65. The van der Waals surface area contributed by atoms with Crippen LogP contribution in [0.1, 0.15) is 41.3 Å². The van der Waals surface area contributed by atoms with Gasteiger partial charge in [-0.05, 0) is 12.5 Å². The smallest absolute Gasteiger partial charge is 0.337 e. The number of carbonyl (C=O) groups excluding carboxylic acids is 1. The second kappa shape index (κ2) is 5.04. The highest BCUT2D eigenvalue weighted by atomic mass is 16.4. The predicted molar refractivity (Wildman–Crippen MR) is 69.0 cm³/mol. The number of aromatic nitrogens is 1. The number of para-hydroxylation sites is 1. The Balaban J connectivity index is 2.51. The first-order valence-corrected chi connectivity index (χ1v) is 6.01. The van der Waals surface area contributed by atoms with Crippen molar-refractivity contribution in [3.63, 3.8) is 0 Å². The van der Waals surface area contributed by atoms with Crippen molar-refractivity contribution in [1.29, 1.82) is 0 Å². The summed E-state index contributed by atoms with van der Waals surface area (Å²) in [5.41, 5.74) is 0.839. The minimum absolute atomic E-state index is 0.0550. The zero-order valence-corrected chi connectivity index (χ0v) is 10.2. The molecule has 0 saturated heterocycles. The van der Waals surface area contributed by atoms with Gasteiger partial charge in [-0.1, -0.05) is 31.5 Å². The SMILES string of the molecule is CCCCC(=O)n1cc(C(=O)O)c2ccccc21. The van der Waals surface area contributed by atoms with Crippen LogP contribution >= 0.6 is 0 Å². The first-order valence-electron chi connectivity index (χ1n) is 6.01. The Bertz CT molecular complexity index is 598. The second-order valence-corrected chi connectivity index (χ2v) is 4.23. The molecule has 2 aromatic rings. The lowest BCUT2D eigenvalue weighted by atomic mass is 10.2. The number of nitrogens with zero attached hydrogens (tertiary/aromatic N) is 1. The molecule has 0 unspecified atom stereocenters. The molecular weight excluding hydrogens is 230 g/mol. The summed E-state index contributed by atoms with van der Waals surface area (Å²) in [6.07, 6.45) is 3.61. The third-order valence-corrected chi connectivity index (χ3v) is 2.96. The van der Waals surface area contributed by atoms with Gasteiger partial charge in [0.25, 0.3) is 0 Å². The summed E-state index contributed by atoms with van der Waals surface area (Å²) in [4.78, 5) is 23.2. The van der Waals surface area contributed by atoms with Gasteiger partial charge in [0.15, 0.2) is 0 Å². The minimum atomic E-state index is -1.01. The molecule has 1 aromatic carbocycles. The highest BCUT2D eigenvalue weighted by Crippen LogP contribution is 2.21. The van der Waals surface area contributed by atoms with Crippen molar-refractivity contribution in [1.82, 2.24) is 4.57 Å². The Morgan fingerprint density at radius 3 is 2.67 bits per heavy atom. The quantitative estimate of drug-likeness (QED) is 0.900. The van der Waals surface area contributed by atoms with E-state index < -0.39 is 5.97 Å². The van der Waals surface area contributed by atoms with Crippen LogP contribution in [0.2, 0.25) is 0 Å². The molecule has 94 valence electrons. The van der Waals surface area contributed by atoms with Crippen LogP contribution in [0.3, 0.4) is 0 Å². The molecule has 0 bridgehead atoms. The summed E-state index contributed by atoms with van der Waals surface area (Å²) < 4.78 is 1.45. The number of hydrogen-bond donors (Lipinski definition) is 1. The van der Waals surface area contributed by atoms with Crippen LogP contribution in [0.5, 0.6) is 0 Å². The molecule has 4 heteroatoms. The summed E-state index contributed by atoms with van der Waals surface area (Å²) in [7, 11) is 0. The summed E-state index contributed by atoms with van der Waals surface area (Å²) in [5.74, 6) is -1.06. The number of rotatable bonds is 4. The number of unbranched alkanes of at least 4 members (excludes halogenated alkanes) is 1. The molecule has 18 heavy (non-hydrogen) atoms. The van der Waals surface area contributed by atoms with Gasteiger partial charge in [-0.2, -0.15) is 0 Å². The summed E-state index contributed by atoms with van der Waals surface area (Å²) in [6, 6.07) is 7.07. The van der Waals surface area contributed by atoms with Crippen molar-refractivity contribution in [2.75, 3.05) is 0 Å². The van der Waals surface area contributed by atoms with Gasteiger partial charge >= 0.3 is 5.97 Å². The predicted octanol–water partition coefficient (Wildman–Crippen LogP) is 3.17. The van der Waals surface area contributed by atoms with Gasteiger partial charge in [0, 0.05) is 18.0 Å². The Labute approximate surface area is 105 Å². The van der Waals surface area contributed by atoms with Gasteiger partial charge in [-0.25, -0.2) is 4.79 Å². The molecule has 0 aliphatic rings. The second-order valence-electron chi connectivity index (χ2n) is 4.23. The zero-order chi connectivity index (χ0) is 13.1. The molecule has 0 aliphatic heterocycles. The molecule has 1 N–H and O–H groups in total. The van der Waals surface area contributed by atoms with Gasteiger partial charge in [0.05, 0.1) is 11.1 Å². The van der Waals surface area contributed by atoms with E-state index in [-0.39, 0.29) is 11.5 Å². The molecule has 0 amide bonds. The maximum atomic E-state index is 12.0. The van der Waals surface area contributed by atoms with Crippen molar-refractivity contribution in [3.05, 3.63) is 36.0 Å². The molecule has 0 aliphatic carbocycles. The highest BCUT2D eigenvalue weighted by Gasteiger charge is 2.16. The largest absolute Gasteiger partial charge is 0.478 e. The maximum absolute atomic E-state index is 12.0. The van der Waals surface area contributed by atoms with E-state index in [1.807, 2.05) is 6.92 Å².